The molecule has 0 unspecified atom stereocenters. The highest BCUT2D eigenvalue weighted by Gasteiger charge is 2.19. The van der Waals surface area contributed by atoms with Crippen molar-refractivity contribution in [2.24, 2.45) is 0 Å². The van der Waals surface area contributed by atoms with Gasteiger partial charge >= 0.3 is 0 Å². The van der Waals surface area contributed by atoms with Crippen molar-refractivity contribution < 1.29 is 9.59 Å². The van der Waals surface area contributed by atoms with Crippen LogP contribution in [0, 0.1) is 0 Å². The normalized spacial score (nSPS) is 21.5. The van der Waals surface area contributed by atoms with Crippen molar-refractivity contribution in [3.05, 3.63) is 0 Å². The van der Waals surface area contributed by atoms with Crippen LogP contribution in [0.4, 0.5) is 0 Å². The predicted molar refractivity (Wildman–Crippen MR) is 72.8 cm³/mol. The third-order valence-electron chi connectivity index (χ3n) is 3.89. The number of hydrogen-bond acceptors (Lipinski definition) is 4. The molecule has 108 valence electrons. The fraction of sp³-hybridized carbons (Fsp3) is 0.846. The van der Waals surface area contributed by atoms with Gasteiger partial charge in [-0.05, 0) is 13.0 Å². The number of carbonyl (C=O) groups excluding carboxylic acids is 2. The maximum Gasteiger partial charge on any atom is 0.222 e. The number of nitrogens with zero attached hydrogens (tertiary/aromatic N) is 3. The molecule has 0 aromatic carbocycles. The molecule has 2 fully saturated rings. The average Bonchev–Trinajstić information content (AvgIpc) is 2.48. The van der Waals surface area contributed by atoms with Crippen LogP contribution in [0.3, 0.4) is 0 Å². The number of hydrogen-bond donors (Lipinski definition) is 1. The molecule has 2 aliphatic heterocycles. The van der Waals surface area contributed by atoms with Gasteiger partial charge in [0.25, 0.3) is 0 Å². The Balaban J connectivity index is 1.60. The van der Waals surface area contributed by atoms with Crippen LogP contribution < -0.4 is 5.32 Å². The summed E-state index contributed by atoms with van der Waals surface area (Å²) < 4.78 is 0. The summed E-state index contributed by atoms with van der Waals surface area (Å²) in [4.78, 5) is 28.6. The Morgan fingerprint density at radius 3 is 2.37 bits per heavy atom. The molecule has 0 aliphatic carbocycles. The zero-order valence-electron chi connectivity index (χ0n) is 11.5. The number of rotatable bonds is 5. The molecule has 2 amide bonds. The monoisotopic (exact) mass is 268 g/mol. The van der Waals surface area contributed by atoms with E-state index in [1.165, 1.54) is 0 Å². The third kappa shape index (κ3) is 4.47. The molecular formula is C13H24N4O2. The first-order chi connectivity index (χ1) is 9.29. The van der Waals surface area contributed by atoms with Crippen molar-refractivity contribution in [3.8, 4) is 0 Å². The lowest BCUT2D eigenvalue weighted by atomic mass is 10.2. The molecule has 0 spiro atoms. The summed E-state index contributed by atoms with van der Waals surface area (Å²) >= 11 is 0. The second-order valence-electron chi connectivity index (χ2n) is 5.22. The second-order valence-corrected chi connectivity index (χ2v) is 5.22. The van der Waals surface area contributed by atoms with E-state index in [4.69, 9.17) is 0 Å². The topological polar surface area (TPSA) is 55.9 Å². The maximum absolute atomic E-state index is 12.0. The molecule has 2 heterocycles. The molecule has 1 N–H and O–H groups in total. The summed E-state index contributed by atoms with van der Waals surface area (Å²) in [5.41, 5.74) is 0. The molecule has 2 rings (SSSR count). The van der Waals surface area contributed by atoms with Gasteiger partial charge in [-0.3, -0.25) is 9.59 Å². The van der Waals surface area contributed by atoms with E-state index in [0.717, 1.165) is 45.6 Å². The Labute approximate surface area is 114 Å². The number of piperazine rings is 2. The van der Waals surface area contributed by atoms with Crippen LogP contribution in [-0.2, 0) is 9.59 Å². The number of carbonyl (C=O) groups is 2. The van der Waals surface area contributed by atoms with Crippen molar-refractivity contribution in [2.75, 3.05) is 58.9 Å². The fourth-order valence-corrected chi connectivity index (χ4v) is 2.62. The smallest absolute Gasteiger partial charge is 0.222 e. The van der Waals surface area contributed by atoms with Gasteiger partial charge in [0.2, 0.25) is 12.3 Å². The second kappa shape index (κ2) is 7.45. The van der Waals surface area contributed by atoms with Gasteiger partial charge < -0.3 is 20.0 Å². The minimum atomic E-state index is 0.237. The molecule has 0 aromatic rings. The van der Waals surface area contributed by atoms with Crippen molar-refractivity contribution >= 4 is 12.3 Å². The van der Waals surface area contributed by atoms with Crippen LogP contribution in [0.25, 0.3) is 0 Å². The highest BCUT2D eigenvalue weighted by Crippen LogP contribution is 2.05. The SMILES string of the molecule is O=CN1CCN(C(=O)CCCN2CCNCC2)CC1. The minimum Gasteiger partial charge on any atom is -0.342 e. The van der Waals surface area contributed by atoms with Gasteiger partial charge in [0.15, 0.2) is 0 Å². The number of nitrogens with one attached hydrogen (secondary N) is 1. The first-order valence-corrected chi connectivity index (χ1v) is 7.20. The Kier molecular flexibility index (Phi) is 5.60. The van der Waals surface area contributed by atoms with Gasteiger partial charge in [-0.2, -0.15) is 0 Å². The van der Waals surface area contributed by atoms with Gasteiger partial charge in [-0.1, -0.05) is 0 Å². The van der Waals surface area contributed by atoms with Gasteiger partial charge in [0.1, 0.15) is 0 Å². The molecule has 6 nitrogen and oxygen atoms in total. The first-order valence-electron chi connectivity index (χ1n) is 7.20. The highest BCUT2D eigenvalue weighted by atomic mass is 16.2. The summed E-state index contributed by atoms with van der Waals surface area (Å²) in [7, 11) is 0. The van der Waals surface area contributed by atoms with E-state index in [2.05, 4.69) is 10.2 Å². The van der Waals surface area contributed by atoms with Crippen molar-refractivity contribution in [2.45, 2.75) is 12.8 Å². The van der Waals surface area contributed by atoms with E-state index in [1.807, 2.05) is 4.90 Å². The lowest BCUT2D eigenvalue weighted by Crippen LogP contribution is -2.48. The Hall–Kier alpha value is -1.14. The van der Waals surface area contributed by atoms with Crippen LogP contribution in [0.15, 0.2) is 0 Å². The molecule has 0 saturated carbocycles. The Morgan fingerprint density at radius 1 is 1.05 bits per heavy atom. The van der Waals surface area contributed by atoms with Crippen LogP contribution in [0.5, 0.6) is 0 Å². The molecule has 2 aliphatic rings. The zero-order valence-corrected chi connectivity index (χ0v) is 11.5. The average molecular weight is 268 g/mol. The van der Waals surface area contributed by atoms with Gasteiger partial charge in [0.05, 0.1) is 0 Å². The summed E-state index contributed by atoms with van der Waals surface area (Å²) in [6.07, 6.45) is 2.43. The van der Waals surface area contributed by atoms with Crippen LogP contribution >= 0.6 is 0 Å². The molecule has 2 saturated heterocycles. The highest BCUT2D eigenvalue weighted by molar-refractivity contribution is 5.76. The zero-order chi connectivity index (χ0) is 13.5. The molecule has 19 heavy (non-hydrogen) atoms. The van der Waals surface area contributed by atoms with Gasteiger partial charge in [-0.15, -0.1) is 0 Å². The van der Waals surface area contributed by atoms with Crippen LogP contribution in [-0.4, -0.2) is 85.9 Å². The van der Waals surface area contributed by atoms with Crippen molar-refractivity contribution in [1.29, 1.82) is 0 Å². The van der Waals surface area contributed by atoms with E-state index in [-0.39, 0.29) is 5.91 Å². The Morgan fingerprint density at radius 2 is 1.74 bits per heavy atom. The van der Waals surface area contributed by atoms with E-state index < -0.39 is 0 Å². The lowest BCUT2D eigenvalue weighted by Gasteiger charge is -2.33. The first kappa shape index (κ1) is 14.3. The Bertz CT molecular complexity index is 297. The van der Waals surface area contributed by atoms with Gasteiger partial charge in [-0.25, -0.2) is 0 Å². The maximum atomic E-state index is 12.0. The van der Waals surface area contributed by atoms with Crippen LogP contribution in [0.2, 0.25) is 0 Å². The minimum absolute atomic E-state index is 0.237. The summed E-state index contributed by atoms with van der Waals surface area (Å²) in [6, 6.07) is 0. The lowest BCUT2D eigenvalue weighted by molar-refractivity contribution is -0.135. The van der Waals surface area contributed by atoms with E-state index in [9.17, 15) is 9.59 Å². The summed E-state index contributed by atoms with van der Waals surface area (Å²) in [6.45, 7) is 8.03. The van der Waals surface area contributed by atoms with E-state index in [1.54, 1.807) is 4.90 Å². The third-order valence-corrected chi connectivity index (χ3v) is 3.89. The molecule has 6 heteroatoms. The van der Waals surface area contributed by atoms with Gasteiger partial charge in [0, 0.05) is 58.8 Å². The predicted octanol–water partition coefficient (Wildman–Crippen LogP) is -1.03. The van der Waals surface area contributed by atoms with E-state index in [0.29, 0.717) is 32.6 Å². The van der Waals surface area contributed by atoms with Crippen molar-refractivity contribution in [3.63, 3.8) is 0 Å². The largest absolute Gasteiger partial charge is 0.342 e. The van der Waals surface area contributed by atoms with Crippen LogP contribution in [0.1, 0.15) is 12.8 Å². The summed E-state index contributed by atoms with van der Waals surface area (Å²) in [5, 5.41) is 3.33. The molecule has 0 aromatic heterocycles. The molecule has 0 atom stereocenters. The fourth-order valence-electron chi connectivity index (χ4n) is 2.62. The molecule has 0 radical (unpaired) electrons. The molecule has 0 bridgehead atoms. The molecular weight excluding hydrogens is 244 g/mol. The number of amides is 2. The standard InChI is InChI=1S/C13H24N4O2/c18-12-16-8-10-17(11-9-16)13(19)2-1-5-15-6-3-14-4-7-15/h12,14H,1-11H2. The van der Waals surface area contributed by atoms with Crippen molar-refractivity contribution in [1.82, 2.24) is 20.0 Å². The van der Waals surface area contributed by atoms with E-state index >= 15 is 0 Å². The quantitative estimate of drug-likeness (QED) is 0.648. The summed E-state index contributed by atoms with van der Waals surface area (Å²) in [5.74, 6) is 0.237.